The fourth-order valence-corrected chi connectivity index (χ4v) is 2.18. The molecule has 0 saturated carbocycles. The molecule has 7 heteroatoms. The molecule has 6 nitrogen and oxygen atoms in total. The summed E-state index contributed by atoms with van der Waals surface area (Å²) in [6, 6.07) is 5.10. The Labute approximate surface area is 113 Å². The van der Waals surface area contributed by atoms with Crippen LogP contribution in [0.2, 0.25) is 0 Å². The van der Waals surface area contributed by atoms with Gasteiger partial charge in [0.15, 0.2) is 0 Å². The fraction of sp³-hybridized carbons (Fsp3) is 0.333. The molecule has 1 atom stereocenters. The lowest BCUT2D eigenvalue weighted by Crippen LogP contribution is -2.29. The minimum Gasteiger partial charge on any atom is -0.481 e. The van der Waals surface area contributed by atoms with Crippen LogP contribution in [0, 0.1) is 5.92 Å². The van der Waals surface area contributed by atoms with Crippen molar-refractivity contribution in [1.82, 2.24) is 5.32 Å². The van der Waals surface area contributed by atoms with Crippen LogP contribution >= 0.6 is 0 Å². The minimum absolute atomic E-state index is 0.0370. The van der Waals surface area contributed by atoms with Gasteiger partial charge in [0.1, 0.15) is 11.4 Å². The van der Waals surface area contributed by atoms with Gasteiger partial charge in [0.25, 0.3) is 5.91 Å². The van der Waals surface area contributed by atoms with Crippen molar-refractivity contribution >= 4 is 34.6 Å². The average Bonchev–Trinajstić information content (AvgIpc) is 2.82. The zero-order valence-electron chi connectivity index (χ0n) is 10.3. The van der Waals surface area contributed by atoms with Crippen molar-refractivity contribution in [2.75, 3.05) is 6.54 Å². The summed E-state index contributed by atoms with van der Waals surface area (Å²) >= 11 is 1.10. The van der Waals surface area contributed by atoms with Crippen LogP contribution < -0.4 is 5.32 Å². The summed E-state index contributed by atoms with van der Waals surface area (Å²) in [4.78, 5) is 22.4. The van der Waals surface area contributed by atoms with Gasteiger partial charge < -0.3 is 10.4 Å². The Kier molecular flexibility index (Phi) is 4.06. The van der Waals surface area contributed by atoms with E-state index in [1.807, 2.05) is 0 Å². The van der Waals surface area contributed by atoms with Gasteiger partial charge in [-0.1, -0.05) is 6.92 Å². The molecular formula is C12H13N3O3S. The summed E-state index contributed by atoms with van der Waals surface area (Å²) in [5, 5.41) is 11.3. The summed E-state index contributed by atoms with van der Waals surface area (Å²) in [6.07, 6.45) is 0.0370. The molecule has 1 aromatic rings. The number of carbonyl (C=O) groups is 2. The van der Waals surface area contributed by atoms with E-state index in [-0.39, 0.29) is 18.2 Å². The first-order chi connectivity index (χ1) is 9.06. The third-order valence-electron chi connectivity index (χ3n) is 2.65. The molecule has 1 aromatic carbocycles. The molecule has 100 valence electrons. The monoisotopic (exact) mass is 279 g/mol. The number of nitrogens with one attached hydrogen (secondary N) is 1. The summed E-state index contributed by atoms with van der Waals surface area (Å²) in [5.41, 5.74) is 1.96. The van der Waals surface area contributed by atoms with Crippen LogP contribution in [0.15, 0.2) is 26.9 Å². The number of fused-ring (bicyclic) bond motifs is 1. The smallest absolute Gasteiger partial charge is 0.303 e. The Balaban J connectivity index is 1.94. The number of rotatable bonds is 5. The zero-order chi connectivity index (χ0) is 13.8. The summed E-state index contributed by atoms with van der Waals surface area (Å²) in [7, 11) is 0. The van der Waals surface area contributed by atoms with Crippen molar-refractivity contribution in [3.8, 4) is 0 Å². The second-order valence-electron chi connectivity index (χ2n) is 4.38. The second kappa shape index (κ2) is 5.75. The van der Waals surface area contributed by atoms with Crippen molar-refractivity contribution in [3.63, 3.8) is 0 Å². The largest absolute Gasteiger partial charge is 0.481 e. The standard InChI is InChI=1S/C12H13N3O3S/c1-7(4-11(16)17)6-13-12(18)8-2-3-9-10(5-8)15-19-14-9/h2-3,5,7H,4,6H2,1H3,(H,13,18)(H,16,17). The SMILES string of the molecule is CC(CNC(=O)c1ccc2c(c1)N=S=N2)CC(=O)O. The number of benzene rings is 1. The number of carbonyl (C=O) groups excluding carboxylic acids is 1. The normalized spacial score (nSPS) is 13.5. The number of aliphatic carboxylic acids is 1. The molecule has 0 spiro atoms. The number of carboxylic acids is 1. The average molecular weight is 279 g/mol. The van der Waals surface area contributed by atoms with Crippen molar-refractivity contribution in [3.05, 3.63) is 23.8 Å². The first-order valence-corrected chi connectivity index (χ1v) is 6.51. The van der Waals surface area contributed by atoms with Crippen LogP contribution in [-0.4, -0.2) is 23.5 Å². The number of hydrogen-bond acceptors (Lipinski definition) is 4. The molecule has 0 bridgehead atoms. The van der Waals surface area contributed by atoms with Gasteiger partial charge in [-0.2, -0.15) is 8.73 Å². The Morgan fingerprint density at radius 2 is 2.11 bits per heavy atom. The molecule has 1 heterocycles. The minimum atomic E-state index is -0.864. The predicted octanol–water partition coefficient (Wildman–Crippen LogP) is 2.25. The third kappa shape index (κ3) is 3.47. The fourth-order valence-electron chi connectivity index (χ4n) is 1.66. The van der Waals surface area contributed by atoms with Crippen LogP contribution in [0.1, 0.15) is 23.7 Å². The number of amides is 1. The van der Waals surface area contributed by atoms with E-state index in [1.165, 1.54) is 0 Å². The molecule has 0 aliphatic carbocycles. The van der Waals surface area contributed by atoms with Gasteiger partial charge >= 0.3 is 5.97 Å². The van der Waals surface area contributed by atoms with E-state index >= 15 is 0 Å². The molecule has 0 radical (unpaired) electrons. The maximum absolute atomic E-state index is 11.9. The van der Waals surface area contributed by atoms with E-state index in [1.54, 1.807) is 25.1 Å². The second-order valence-corrected chi connectivity index (χ2v) is 4.91. The summed E-state index contributed by atoms with van der Waals surface area (Å²) < 4.78 is 8.13. The molecule has 0 fully saturated rings. The molecule has 1 amide bonds. The number of hydrogen-bond donors (Lipinski definition) is 2. The van der Waals surface area contributed by atoms with Crippen molar-refractivity contribution < 1.29 is 14.7 Å². The highest BCUT2D eigenvalue weighted by Crippen LogP contribution is 2.31. The van der Waals surface area contributed by atoms with E-state index in [0.29, 0.717) is 17.8 Å². The van der Waals surface area contributed by atoms with Crippen LogP contribution in [-0.2, 0) is 16.1 Å². The van der Waals surface area contributed by atoms with Gasteiger partial charge in [0, 0.05) is 18.5 Å². The summed E-state index contributed by atoms with van der Waals surface area (Å²) in [6.45, 7) is 2.11. The predicted molar refractivity (Wildman–Crippen MR) is 71.7 cm³/mol. The van der Waals surface area contributed by atoms with Gasteiger partial charge in [-0.3, -0.25) is 9.59 Å². The molecular weight excluding hydrogens is 266 g/mol. The van der Waals surface area contributed by atoms with Crippen molar-refractivity contribution in [1.29, 1.82) is 0 Å². The highest BCUT2D eigenvalue weighted by Gasteiger charge is 2.13. The topological polar surface area (TPSA) is 91.1 Å². The van der Waals surface area contributed by atoms with Crippen LogP contribution in [0.3, 0.4) is 0 Å². The van der Waals surface area contributed by atoms with Gasteiger partial charge in [-0.25, -0.2) is 0 Å². The molecule has 0 saturated heterocycles. The maximum Gasteiger partial charge on any atom is 0.303 e. The van der Waals surface area contributed by atoms with Crippen molar-refractivity contribution in [2.45, 2.75) is 13.3 Å². The van der Waals surface area contributed by atoms with Crippen LogP contribution in [0.4, 0.5) is 11.4 Å². The Morgan fingerprint density at radius 1 is 1.37 bits per heavy atom. The molecule has 1 aliphatic heterocycles. The first kappa shape index (κ1) is 13.4. The van der Waals surface area contributed by atoms with E-state index in [0.717, 1.165) is 17.0 Å². The molecule has 19 heavy (non-hydrogen) atoms. The van der Waals surface area contributed by atoms with E-state index in [4.69, 9.17) is 5.11 Å². The van der Waals surface area contributed by atoms with E-state index in [9.17, 15) is 9.59 Å². The highest BCUT2D eigenvalue weighted by molar-refractivity contribution is 7.58. The molecule has 2 rings (SSSR count). The van der Waals surface area contributed by atoms with Gasteiger partial charge in [-0.05, 0) is 24.1 Å². The van der Waals surface area contributed by atoms with Crippen molar-refractivity contribution in [2.24, 2.45) is 14.6 Å². The quantitative estimate of drug-likeness (QED) is 0.879. The molecule has 1 unspecified atom stereocenters. The van der Waals surface area contributed by atoms with Gasteiger partial charge in [0.05, 0.1) is 11.4 Å². The number of nitrogens with zero attached hydrogens (tertiary/aromatic N) is 2. The Morgan fingerprint density at radius 3 is 2.84 bits per heavy atom. The zero-order valence-corrected chi connectivity index (χ0v) is 11.1. The molecule has 1 aliphatic rings. The Hall–Kier alpha value is -2.02. The maximum atomic E-state index is 11.9. The van der Waals surface area contributed by atoms with Crippen LogP contribution in [0.25, 0.3) is 0 Å². The van der Waals surface area contributed by atoms with Crippen LogP contribution in [0.5, 0.6) is 0 Å². The first-order valence-electron chi connectivity index (χ1n) is 5.78. The lowest BCUT2D eigenvalue weighted by Gasteiger charge is -2.10. The molecule has 0 aromatic heterocycles. The van der Waals surface area contributed by atoms with Gasteiger partial charge in [0.2, 0.25) is 0 Å². The third-order valence-corrected chi connectivity index (χ3v) is 3.21. The van der Waals surface area contributed by atoms with Gasteiger partial charge in [-0.15, -0.1) is 0 Å². The lowest BCUT2D eigenvalue weighted by molar-refractivity contribution is -0.137. The molecule has 2 N–H and O–H groups in total. The lowest BCUT2D eigenvalue weighted by atomic mass is 10.1. The number of carboxylic acid groups (broad SMARTS) is 1. The van der Waals surface area contributed by atoms with E-state index < -0.39 is 5.97 Å². The summed E-state index contributed by atoms with van der Waals surface area (Å²) in [5.74, 6) is -1.20. The van der Waals surface area contributed by atoms with E-state index in [2.05, 4.69) is 14.0 Å². The Bertz CT molecular complexity index is 594. The highest BCUT2D eigenvalue weighted by atomic mass is 32.1.